The minimum absolute atomic E-state index is 0.0866. The number of amides is 2. The van der Waals surface area contributed by atoms with Crippen molar-refractivity contribution in [2.24, 2.45) is 0 Å². The fourth-order valence-corrected chi connectivity index (χ4v) is 3.70. The van der Waals surface area contributed by atoms with Gasteiger partial charge in [0.15, 0.2) is 5.82 Å². The Morgan fingerprint density at radius 1 is 1.15 bits per heavy atom. The largest absolute Gasteiger partial charge is 0.450 e. The Morgan fingerprint density at radius 3 is 2.50 bits per heavy atom. The number of hydrogen-bond donors (Lipinski definition) is 0. The second-order valence-electron chi connectivity index (χ2n) is 6.47. The number of carbonyl (C=O) groups is 2. The molecule has 1 fully saturated rings. The van der Waals surface area contributed by atoms with E-state index in [9.17, 15) is 9.59 Å². The summed E-state index contributed by atoms with van der Waals surface area (Å²) < 4.78 is 6.76. The van der Waals surface area contributed by atoms with Gasteiger partial charge in [-0.25, -0.2) is 4.79 Å². The lowest BCUT2D eigenvalue weighted by Crippen LogP contribution is -2.50. The molecule has 3 heterocycles. The van der Waals surface area contributed by atoms with Crippen molar-refractivity contribution >= 4 is 28.3 Å². The fraction of sp³-hybridized carbons (Fsp3) is 0.688. The van der Waals surface area contributed by atoms with E-state index in [0.717, 1.165) is 15.8 Å². The Morgan fingerprint density at radius 2 is 1.85 bits per heavy atom. The van der Waals surface area contributed by atoms with Gasteiger partial charge in [0.05, 0.1) is 6.61 Å². The standard InChI is InChI=1S/C16H24N6O3S/c1-4-25-16(24)21-9-7-20(8-10-21)13(23)6-5-12-19-22-14(11(2)3)17-18-15(22)26-12/h11H,4-10H2,1-3H3. The SMILES string of the molecule is CCOC(=O)N1CCN(C(=O)CCc2nn3c(C(C)C)nnc3s2)CC1. The number of piperazine rings is 1. The van der Waals surface area contributed by atoms with Gasteiger partial charge in [-0.1, -0.05) is 25.2 Å². The summed E-state index contributed by atoms with van der Waals surface area (Å²) in [4.78, 5) is 28.3. The maximum absolute atomic E-state index is 12.4. The van der Waals surface area contributed by atoms with Crippen LogP contribution in [0.3, 0.4) is 0 Å². The zero-order valence-electron chi connectivity index (χ0n) is 15.3. The van der Waals surface area contributed by atoms with Crippen molar-refractivity contribution in [3.05, 3.63) is 10.8 Å². The molecule has 1 aliphatic heterocycles. The van der Waals surface area contributed by atoms with Crippen LogP contribution in [0.2, 0.25) is 0 Å². The molecule has 1 aliphatic rings. The van der Waals surface area contributed by atoms with Crippen molar-refractivity contribution in [2.75, 3.05) is 32.8 Å². The molecule has 3 rings (SSSR count). The van der Waals surface area contributed by atoms with Crippen LogP contribution in [0.1, 0.15) is 43.9 Å². The summed E-state index contributed by atoms with van der Waals surface area (Å²) in [5, 5.41) is 13.7. The third kappa shape index (κ3) is 3.95. The highest BCUT2D eigenvalue weighted by atomic mass is 32.1. The first-order valence-corrected chi connectivity index (χ1v) is 9.71. The van der Waals surface area contributed by atoms with Gasteiger partial charge in [-0.3, -0.25) is 4.79 Å². The van der Waals surface area contributed by atoms with Crippen LogP contribution in [-0.4, -0.2) is 74.4 Å². The summed E-state index contributed by atoms with van der Waals surface area (Å²) in [6.07, 6.45) is 0.684. The monoisotopic (exact) mass is 380 g/mol. The summed E-state index contributed by atoms with van der Waals surface area (Å²) in [5.74, 6) is 1.17. The van der Waals surface area contributed by atoms with Crippen molar-refractivity contribution in [3.63, 3.8) is 0 Å². The van der Waals surface area contributed by atoms with Crippen molar-refractivity contribution in [1.29, 1.82) is 0 Å². The molecule has 10 heteroatoms. The van der Waals surface area contributed by atoms with Gasteiger partial charge in [0.1, 0.15) is 5.01 Å². The fourth-order valence-electron chi connectivity index (χ4n) is 2.86. The Labute approximate surface area is 155 Å². The van der Waals surface area contributed by atoms with Crippen molar-refractivity contribution in [1.82, 2.24) is 29.6 Å². The molecule has 0 bridgehead atoms. The van der Waals surface area contributed by atoms with Gasteiger partial charge in [-0.05, 0) is 6.92 Å². The second kappa shape index (κ2) is 7.98. The maximum atomic E-state index is 12.4. The first-order valence-electron chi connectivity index (χ1n) is 8.90. The predicted molar refractivity (Wildman–Crippen MR) is 96.2 cm³/mol. The zero-order chi connectivity index (χ0) is 18.7. The molecule has 142 valence electrons. The molecule has 0 spiro atoms. The molecule has 0 atom stereocenters. The van der Waals surface area contributed by atoms with E-state index in [2.05, 4.69) is 29.1 Å². The molecule has 0 unspecified atom stereocenters. The molecule has 26 heavy (non-hydrogen) atoms. The van der Waals surface area contributed by atoms with E-state index in [0.29, 0.717) is 45.6 Å². The van der Waals surface area contributed by atoms with Crippen LogP contribution in [0, 0.1) is 0 Å². The molecule has 0 saturated carbocycles. The summed E-state index contributed by atoms with van der Waals surface area (Å²) in [6.45, 7) is 8.36. The molecular weight excluding hydrogens is 356 g/mol. The number of carbonyl (C=O) groups excluding carboxylic acids is 2. The number of fused-ring (bicyclic) bond motifs is 1. The number of ether oxygens (including phenoxy) is 1. The van der Waals surface area contributed by atoms with Crippen LogP contribution in [0.5, 0.6) is 0 Å². The smallest absolute Gasteiger partial charge is 0.409 e. The van der Waals surface area contributed by atoms with Gasteiger partial charge in [0.2, 0.25) is 10.9 Å². The Kier molecular flexibility index (Phi) is 5.70. The number of rotatable bonds is 5. The first kappa shape index (κ1) is 18.6. The quantitative estimate of drug-likeness (QED) is 0.781. The second-order valence-corrected chi connectivity index (χ2v) is 7.51. The highest BCUT2D eigenvalue weighted by Gasteiger charge is 2.25. The van der Waals surface area contributed by atoms with Crippen molar-refractivity contribution in [2.45, 2.75) is 39.5 Å². The van der Waals surface area contributed by atoms with Gasteiger partial charge in [0, 0.05) is 44.9 Å². The molecule has 2 aromatic rings. The molecule has 0 N–H and O–H groups in total. The lowest BCUT2D eigenvalue weighted by Gasteiger charge is -2.34. The average molecular weight is 380 g/mol. The van der Waals surface area contributed by atoms with E-state index in [-0.39, 0.29) is 17.9 Å². The van der Waals surface area contributed by atoms with E-state index in [1.54, 1.807) is 21.2 Å². The Bertz CT molecular complexity index is 778. The summed E-state index contributed by atoms with van der Waals surface area (Å²) >= 11 is 1.47. The average Bonchev–Trinajstić information content (AvgIpc) is 3.20. The van der Waals surface area contributed by atoms with Crippen LogP contribution in [0.4, 0.5) is 4.79 Å². The van der Waals surface area contributed by atoms with Crippen molar-refractivity contribution < 1.29 is 14.3 Å². The van der Waals surface area contributed by atoms with Crippen LogP contribution < -0.4 is 0 Å². The van der Waals surface area contributed by atoms with E-state index in [4.69, 9.17) is 4.74 Å². The van der Waals surface area contributed by atoms with Gasteiger partial charge < -0.3 is 14.5 Å². The Hall–Kier alpha value is -2.23. The predicted octanol–water partition coefficient (Wildman–Crippen LogP) is 1.54. The van der Waals surface area contributed by atoms with Crippen molar-refractivity contribution in [3.8, 4) is 0 Å². The van der Waals surface area contributed by atoms with E-state index in [1.807, 2.05) is 0 Å². The van der Waals surface area contributed by atoms with Gasteiger partial charge in [-0.2, -0.15) is 9.61 Å². The molecular formula is C16H24N6O3S. The molecule has 0 aromatic carbocycles. The minimum Gasteiger partial charge on any atom is -0.450 e. The minimum atomic E-state index is -0.305. The van der Waals surface area contributed by atoms with Gasteiger partial charge in [0.25, 0.3) is 0 Å². The van der Waals surface area contributed by atoms with E-state index < -0.39 is 0 Å². The van der Waals surface area contributed by atoms with Crippen LogP contribution in [-0.2, 0) is 16.0 Å². The summed E-state index contributed by atoms with van der Waals surface area (Å²) in [5.41, 5.74) is 0. The number of nitrogens with zero attached hydrogens (tertiary/aromatic N) is 6. The van der Waals surface area contributed by atoms with E-state index >= 15 is 0 Å². The van der Waals surface area contributed by atoms with E-state index in [1.165, 1.54) is 11.3 Å². The lowest BCUT2D eigenvalue weighted by atomic mass is 10.2. The number of hydrogen-bond acceptors (Lipinski definition) is 7. The third-order valence-electron chi connectivity index (χ3n) is 4.28. The third-order valence-corrected chi connectivity index (χ3v) is 5.24. The van der Waals surface area contributed by atoms with Crippen LogP contribution in [0.15, 0.2) is 0 Å². The van der Waals surface area contributed by atoms with Crippen LogP contribution >= 0.6 is 11.3 Å². The number of aryl methyl sites for hydroxylation is 1. The number of aromatic nitrogens is 4. The molecule has 0 aliphatic carbocycles. The van der Waals surface area contributed by atoms with Gasteiger partial charge in [-0.15, -0.1) is 10.2 Å². The van der Waals surface area contributed by atoms with Crippen LogP contribution in [0.25, 0.3) is 4.96 Å². The molecule has 2 aromatic heterocycles. The molecule has 9 nitrogen and oxygen atoms in total. The highest BCUT2D eigenvalue weighted by molar-refractivity contribution is 7.16. The first-order chi connectivity index (χ1) is 12.5. The molecule has 1 saturated heterocycles. The lowest BCUT2D eigenvalue weighted by molar-refractivity contribution is -0.132. The summed E-state index contributed by atoms with van der Waals surface area (Å²) in [7, 11) is 0. The molecule has 0 radical (unpaired) electrons. The normalized spacial score (nSPS) is 15.1. The zero-order valence-corrected chi connectivity index (χ0v) is 16.2. The molecule has 2 amide bonds. The summed E-state index contributed by atoms with van der Waals surface area (Å²) in [6, 6.07) is 0. The maximum Gasteiger partial charge on any atom is 0.409 e. The Balaban J connectivity index is 1.51. The topological polar surface area (TPSA) is 92.9 Å². The highest BCUT2D eigenvalue weighted by Crippen LogP contribution is 2.19. The van der Waals surface area contributed by atoms with Gasteiger partial charge >= 0.3 is 6.09 Å².